The van der Waals surface area contributed by atoms with Gasteiger partial charge in [0, 0.05) is 12.5 Å². The highest BCUT2D eigenvalue weighted by atomic mass is 16.5. The van der Waals surface area contributed by atoms with E-state index in [0.717, 1.165) is 19.4 Å². The van der Waals surface area contributed by atoms with E-state index in [-0.39, 0.29) is 13.0 Å². The number of unbranched alkanes of at least 4 members (excludes halogenated alkanes) is 15. The van der Waals surface area contributed by atoms with Crippen LogP contribution in [0.3, 0.4) is 0 Å². The van der Waals surface area contributed by atoms with Crippen molar-refractivity contribution in [2.75, 3.05) is 13.2 Å². The van der Waals surface area contributed by atoms with Crippen molar-refractivity contribution in [2.45, 2.75) is 135 Å². The summed E-state index contributed by atoms with van der Waals surface area (Å²) in [6.45, 7) is 2.63. The van der Waals surface area contributed by atoms with Gasteiger partial charge in [0.05, 0.1) is 12.7 Å². The maximum Gasteiger partial charge on any atom is 0.153 e. The first-order chi connectivity index (χ1) is 13.6. The van der Waals surface area contributed by atoms with Crippen molar-refractivity contribution >= 4 is 0 Å². The second kappa shape index (κ2) is 21.5. The molecule has 0 aromatic rings. The molecule has 2 unspecified atom stereocenters. The maximum absolute atomic E-state index is 9.67. The second-order valence-corrected chi connectivity index (χ2v) is 8.33. The van der Waals surface area contributed by atoms with E-state index in [4.69, 9.17) is 15.3 Å². The van der Waals surface area contributed by atoms with Gasteiger partial charge in [-0.1, -0.05) is 103 Å². The second-order valence-electron chi connectivity index (χ2n) is 8.33. The van der Waals surface area contributed by atoms with Crippen LogP contribution >= 0.6 is 0 Å². The van der Waals surface area contributed by atoms with Gasteiger partial charge in [0.2, 0.25) is 0 Å². The summed E-state index contributed by atoms with van der Waals surface area (Å²) in [6, 6.07) is -0.471. The normalized spacial score (nSPS) is 13.9. The molecule has 5 nitrogen and oxygen atoms in total. The van der Waals surface area contributed by atoms with E-state index in [1.54, 1.807) is 0 Å². The molecule has 5 heteroatoms. The summed E-state index contributed by atoms with van der Waals surface area (Å²) in [7, 11) is 0. The number of hydrogen-bond acceptors (Lipinski definition) is 5. The molecule has 0 bridgehead atoms. The molecule has 0 aromatic heterocycles. The van der Waals surface area contributed by atoms with Crippen molar-refractivity contribution in [1.29, 1.82) is 0 Å². The molecule has 0 heterocycles. The minimum atomic E-state index is -1.47. The minimum absolute atomic E-state index is 0.0284. The van der Waals surface area contributed by atoms with Gasteiger partial charge in [-0.15, -0.1) is 0 Å². The molecule has 0 aromatic carbocycles. The Hall–Kier alpha value is -0.200. The fraction of sp³-hybridized carbons (Fsp3) is 1.00. The van der Waals surface area contributed by atoms with Gasteiger partial charge in [-0.3, -0.25) is 0 Å². The summed E-state index contributed by atoms with van der Waals surface area (Å²) < 4.78 is 0. The molecule has 0 amide bonds. The van der Waals surface area contributed by atoms with Crippen LogP contribution < -0.4 is 5.32 Å². The molecular formula is C23H49NO4. The van der Waals surface area contributed by atoms with Crippen LogP contribution in [0.25, 0.3) is 0 Å². The van der Waals surface area contributed by atoms with Gasteiger partial charge in [-0.05, 0) is 13.0 Å². The molecule has 0 aliphatic rings. The van der Waals surface area contributed by atoms with Gasteiger partial charge in [-0.25, -0.2) is 0 Å². The lowest BCUT2D eigenvalue weighted by Crippen LogP contribution is -2.44. The van der Waals surface area contributed by atoms with Gasteiger partial charge >= 0.3 is 0 Å². The Bertz CT molecular complexity index is 302. The fourth-order valence-corrected chi connectivity index (χ4v) is 3.69. The molecule has 28 heavy (non-hydrogen) atoms. The van der Waals surface area contributed by atoms with Crippen molar-refractivity contribution in [2.24, 2.45) is 0 Å². The third-order valence-electron chi connectivity index (χ3n) is 5.55. The predicted molar refractivity (Wildman–Crippen MR) is 117 cm³/mol. The van der Waals surface area contributed by atoms with Crippen molar-refractivity contribution in [1.82, 2.24) is 5.32 Å². The molecular weight excluding hydrogens is 354 g/mol. The Labute approximate surface area is 173 Å². The summed E-state index contributed by atoms with van der Waals surface area (Å²) in [5.74, 6) is 0. The average Bonchev–Trinajstić information content (AvgIpc) is 2.68. The van der Waals surface area contributed by atoms with Gasteiger partial charge in [-0.2, -0.15) is 0 Å². The third kappa shape index (κ3) is 19.1. The van der Waals surface area contributed by atoms with Gasteiger partial charge in [0.1, 0.15) is 0 Å². The van der Waals surface area contributed by atoms with Crippen LogP contribution in [0.1, 0.15) is 116 Å². The van der Waals surface area contributed by atoms with Gasteiger partial charge in [0.15, 0.2) is 6.29 Å². The summed E-state index contributed by atoms with van der Waals surface area (Å²) >= 11 is 0. The van der Waals surface area contributed by atoms with Crippen molar-refractivity contribution < 1.29 is 20.4 Å². The smallest absolute Gasteiger partial charge is 0.153 e. The molecule has 0 saturated heterocycles. The Morgan fingerprint density at radius 1 is 0.607 bits per heavy atom. The first kappa shape index (κ1) is 27.8. The zero-order chi connectivity index (χ0) is 20.9. The Morgan fingerprint density at radius 3 is 1.36 bits per heavy atom. The quantitative estimate of drug-likeness (QED) is 0.138. The largest absolute Gasteiger partial charge is 0.394 e. The first-order valence-electron chi connectivity index (χ1n) is 12.0. The fourth-order valence-electron chi connectivity index (χ4n) is 3.69. The van der Waals surface area contributed by atoms with E-state index < -0.39 is 18.4 Å². The molecule has 0 aliphatic carbocycles. The zero-order valence-electron chi connectivity index (χ0n) is 18.5. The lowest BCUT2D eigenvalue weighted by Gasteiger charge is -2.23. The summed E-state index contributed by atoms with van der Waals surface area (Å²) in [5.41, 5.74) is 0. The average molecular weight is 404 g/mol. The number of hydrogen-bond donors (Lipinski definition) is 5. The standard InChI is InChI=1S/C23H49NO4/c1-2-3-4-5-6-7-8-9-10-11-12-13-14-15-16-17-18-24-21(19-23(27)28)22(26)20-25/h21-28H,2-20H2,1H3. The molecule has 0 aliphatic heterocycles. The van der Waals surface area contributed by atoms with Crippen LogP contribution in [-0.4, -0.2) is 52.0 Å². The number of nitrogens with one attached hydrogen (secondary N) is 1. The van der Waals surface area contributed by atoms with Gasteiger partial charge in [0.25, 0.3) is 0 Å². The topological polar surface area (TPSA) is 93.0 Å². The molecule has 0 radical (unpaired) electrons. The van der Waals surface area contributed by atoms with E-state index >= 15 is 0 Å². The Kier molecular flexibility index (Phi) is 21.4. The van der Waals surface area contributed by atoms with E-state index in [0.29, 0.717) is 0 Å². The van der Waals surface area contributed by atoms with Crippen molar-refractivity contribution in [3.63, 3.8) is 0 Å². The minimum Gasteiger partial charge on any atom is -0.394 e. The van der Waals surface area contributed by atoms with Crippen LogP contribution in [0, 0.1) is 0 Å². The zero-order valence-corrected chi connectivity index (χ0v) is 18.5. The van der Waals surface area contributed by atoms with E-state index in [1.807, 2.05) is 0 Å². The molecule has 2 atom stereocenters. The summed E-state index contributed by atoms with van der Waals surface area (Å²) in [5, 5.41) is 39.9. The van der Waals surface area contributed by atoms with Crippen LogP contribution in [0.5, 0.6) is 0 Å². The molecule has 0 fully saturated rings. The number of rotatable bonds is 22. The van der Waals surface area contributed by atoms with Crippen molar-refractivity contribution in [3.8, 4) is 0 Å². The van der Waals surface area contributed by atoms with Crippen LogP contribution in [-0.2, 0) is 0 Å². The van der Waals surface area contributed by atoms with Gasteiger partial charge < -0.3 is 25.7 Å². The predicted octanol–water partition coefficient (Wildman–Crippen LogP) is 4.26. The van der Waals surface area contributed by atoms with Crippen molar-refractivity contribution in [3.05, 3.63) is 0 Å². The first-order valence-corrected chi connectivity index (χ1v) is 12.0. The summed E-state index contributed by atoms with van der Waals surface area (Å²) in [6.07, 6.45) is 19.0. The highest BCUT2D eigenvalue weighted by molar-refractivity contribution is 4.75. The number of aliphatic hydroxyl groups is 4. The molecule has 170 valence electrons. The molecule has 0 rings (SSSR count). The highest BCUT2D eigenvalue weighted by Gasteiger charge is 2.20. The van der Waals surface area contributed by atoms with Crippen LogP contribution in [0.15, 0.2) is 0 Å². The summed E-state index contributed by atoms with van der Waals surface area (Å²) in [4.78, 5) is 0. The molecule has 0 spiro atoms. The monoisotopic (exact) mass is 403 g/mol. The molecule has 5 N–H and O–H groups in total. The van der Waals surface area contributed by atoms with E-state index in [1.165, 1.54) is 89.9 Å². The Morgan fingerprint density at radius 2 is 1.00 bits per heavy atom. The molecule has 0 saturated carbocycles. The lowest BCUT2D eigenvalue weighted by molar-refractivity contribution is -0.0654. The third-order valence-corrected chi connectivity index (χ3v) is 5.55. The SMILES string of the molecule is CCCCCCCCCCCCCCCCCCNC(CC(O)O)C(O)CO. The van der Waals surface area contributed by atoms with E-state index in [2.05, 4.69) is 12.2 Å². The number of aliphatic hydroxyl groups excluding tert-OH is 3. The Balaban J connectivity index is 3.30. The van der Waals surface area contributed by atoms with Crippen LogP contribution in [0.4, 0.5) is 0 Å². The highest BCUT2D eigenvalue weighted by Crippen LogP contribution is 2.13. The van der Waals surface area contributed by atoms with E-state index in [9.17, 15) is 5.11 Å². The maximum atomic E-state index is 9.67. The lowest BCUT2D eigenvalue weighted by atomic mass is 10.0. The van der Waals surface area contributed by atoms with Crippen LogP contribution in [0.2, 0.25) is 0 Å².